The van der Waals surface area contributed by atoms with Crippen molar-refractivity contribution in [2.24, 2.45) is 16.9 Å². The lowest BCUT2D eigenvalue weighted by Gasteiger charge is -2.26. The molecule has 1 fully saturated rings. The first-order chi connectivity index (χ1) is 9.61. The molecule has 1 amide bonds. The molecule has 0 aliphatic heterocycles. The van der Waals surface area contributed by atoms with E-state index in [1.807, 2.05) is 24.3 Å². The minimum absolute atomic E-state index is 0.120. The molecule has 1 aliphatic carbocycles. The molecule has 1 saturated carbocycles. The first kappa shape index (κ1) is 14.8. The summed E-state index contributed by atoms with van der Waals surface area (Å²) >= 11 is 0. The average Bonchev–Trinajstić information content (AvgIpc) is 2.46. The van der Waals surface area contributed by atoms with Crippen molar-refractivity contribution in [1.82, 2.24) is 5.43 Å². The normalized spacial score (nSPS) is 22.4. The van der Waals surface area contributed by atoms with Gasteiger partial charge in [0.1, 0.15) is 0 Å². The molecule has 0 unspecified atom stereocenters. The fraction of sp³-hybridized carbons (Fsp3) is 0.529. The van der Waals surface area contributed by atoms with Gasteiger partial charge in [0.25, 0.3) is 5.91 Å². The lowest BCUT2D eigenvalue weighted by Crippen LogP contribution is -2.29. The molecule has 0 spiro atoms. The van der Waals surface area contributed by atoms with Crippen LogP contribution in [0.15, 0.2) is 29.4 Å². The summed E-state index contributed by atoms with van der Waals surface area (Å²) in [5, 5.41) is 4.38. The summed E-state index contributed by atoms with van der Waals surface area (Å²) in [5.41, 5.74) is 5.76. The third-order valence-electron chi connectivity index (χ3n) is 4.20. The van der Waals surface area contributed by atoms with Gasteiger partial charge in [-0.2, -0.15) is 5.10 Å². The molecule has 2 atom stereocenters. The first-order valence-electron chi connectivity index (χ1n) is 7.58. The van der Waals surface area contributed by atoms with Gasteiger partial charge in [-0.15, -0.1) is 0 Å². The highest BCUT2D eigenvalue weighted by Gasteiger charge is 2.23. The number of hydrogen-bond donors (Lipinski definition) is 1. The molecule has 0 aromatic heterocycles. The Morgan fingerprint density at radius 1 is 1.20 bits per heavy atom. The maximum absolute atomic E-state index is 12.1. The van der Waals surface area contributed by atoms with Crippen molar-refractivity contribution in [2.75, 3.05) is 0 Å². The Bertz CT molecular complexity index is 478. The van der Waals surface area contributed by atoms with Crippen LogP contribution in [0.5, 0.6) is 0 Å². The zero-order chi connectivity index (χ0) is 14.5. The van der Waals surface area contributed by atoms with Crippen molar-refractivity contribution in [3.8, 4) is 0 Å². The predicted octanol–water partition coefficient (Wildman–Crippen LogP) is 3.79. The summed E-state index contributed by atoms with van der Waals surface area (Å²) in [6.45, 7) is 6.49. The largest absolute Gasteiger partial charge is 0.271 e. The molecule has 0 saturated heterocycles. The van der Waals surface area contributed by atoms with E-state index in [1.54, 1.807) is 0 Å². The van der Waals surface area contributed by atoms with Gasteiger partial charge in [-0.05, 0) is 48.8 Å². The third-order valence-corrected chi connectivity index (χ3v) is 4.20. The Kier molecular flexibility index (Phi) is 4.94. The fourth-order valence-electron chi connectivity index (χ4n) is 2.80. The van der Waals surface area contributed by atoms with E-state index in [0.717, 1.165) is 12.1 Å². The second kappa shape index (κ2) is 6.69. The number of hydrogen-bond acceptors (Lipinski definition) is 2. The minimum Gasteiger partial charge on any atom is -0.267 e. The lowest BCUT2D eigenvalue weighted by molar-refractivity contribution is 0.0954. The van der Waals surface area contributed by atoms with Crippen LogP contribution in [0.25, 0.3) is 0 Å². The molecule has 20 heavy (non-hydrogen) atoms. The first-order valence-corrected chi connectivity index (χ1v) is 7.58. The van der Waals surface area contributed by atoms with E-state index in [-0.39, 0.29) is 5.91 Å². The number of hydrazone groups is 1. The van der Waals surface area contributed by atoms with Crippen molar-refractivity contribution in [3.05, 3.63) is 35.4 Å². The molecule has 1 aromatic rings. The highest BCUT2D eigenvalue weighted by molar-refractivity contribution is 5.96. The molecule has 1 aromatic carbocycles. The Balaban J connectivity index is 2.03. The second-order valence-corrected chi connectivity index (χ2v) is 5.76. The van der Waals surface area contributed by atoms with Gasteiger partial charge in [-0.25, -0.2) is 5.43 Å². The molecule has 3 heteroatoms. The summed E-state index contributed by atoms with van der Waals surface area (Å²) in [7, 11) is 0. The summed E-state index contributed by atoms with van der Waals surface area (Å²) in [5.74, 6) is 0.827. The second-order valence-electron chi connectivity index (χ2n) is 5.76. The number of carbonyl (C=O) groups excluding carboxylic acids is 1. The van der Waals surface area contributed by atoms with Crippen LogP contribution < -0.4 is 5.43 Å². The van der Waals surface area contributed by atoms with Crippen molar-refractivity contribution < 1.29 is 4.79 Å². The molecule has 1 N–H and O–H groups in total. The summed E-state index contributed by atoms with van der Waals surface area (Å²) in [4.78, 5) is 12.1. The van der Waals surface area contributed by atoms with Gasteiger partial charge in [0.05, 0.1) is 0 Å². The zero-order valence-corrected chi connectivity index (χ0v) is 12.6. The number of nitrogens with one attached hydrogen (secondary N) is 1. The van der Waals surface area contributed by atoms with E-state index < -0.39 is 0 Å². The van der Waals surface area contributed by atoms with Crippen molar-refractivity contribution in [1.29, 1.82) is 0 Å². The monoisotopic (exact) mass is 272 g/mol. The third kappa shape index (κ3) is 3.47. The van der Waals surface area contributed by atoms with Gasteiger partial charge in [0.2, 0.25) is 0 Å². The SMILES string of the molecule is CCc1ccc(C(=O)NN=C2[C@H](C)CCC[C@H]2C)cc1. The van der Waals surface area contributed by atoms with Gasteiger partial charge in [-0.3, -0.25) is 4.79 Å². The Hall–Kier alpha value is -1.64. The molecule has 108 valence electrons. The molecule has 0 radical (unpaired) electrons. The number of rotatable bonds is 3. The smallest absolute Gasteiger partial charge is 0.267 e. The quantitative estimate of drug-likeness (QED) is 0.836. The van der Waals surface area contributed by atoms with Crippen LogP contribution in [0, 0.1) is 11.8 Å². The highest BCUT2D eigenvalue weighted by atomic mass is 16.2. The Morgan fingerprint density at radius 2 is 1.80 bits per heavy atom. The number of nitrogens with zero attached hydrogens (tertiary/aromatic N) is 1. The van der Waals surface area contributed by atoms with Crippen LogP contribution in [0.3, 0.4) is 0 Å². The van der Waals surface area contributed by atoms with Crippen LogP contribution in [0.1, 0.15) is 56.0 Å². The molecule has 0 heterocycles. The van der Waals surface area contributed by atoms with Crippen LogP contribution in [0.4, 0.5) is 0 Å². The highest BCUT2D eigenvalue weighted by Crippen LogP contribution is 2.25. The van der Waals surface area contributed by atoms with Crippen LogP contribution in [-0.4, -0.2) is 11.6 Å². The van der Waals surface area contributed by atoms with Crippen LogP contribution >= 0.6 is 0 Å². The summed E-state index contributed by atoms with van der Waals surface area (Å²) in [6.07, 6.45) is 4.58. The molecule has 3 nitrogen and oxygen atoms in total. The van der Waals surface area contributed by atoms with E-state index >= 15 is 0 Å². The van der Waals surface area contributed by atoms with Crippen molar-refractivity contribution in [2.45, 2.75) is 46.5 Å². The Morgan fingerprint density at radius 3 is 2.35 bits per heavy atom. The van der Waals surface area contributed by atoms with Crippen LogP contribution in [0.2, 0.25) is 0 Å². The van der Waals surface area contributed by atoms with Gasteiger partial charge in [0.15, 0.2) is 0 Å². The van der Waals surface area contributed by atoms with E-state index in [2.05, 4.69) is 31.3 Å². The predicted molar refractivity (Wildman–Crippen MR) is 82.9 cm³/mol. The lowest BCUT2D eigenvalue weighted by atomic mass is 9.81. The van der Waals surface area contributed by atoms with E-state index in [4.69, 9.17) is 0 Å². The van der Waals surface area contributed by atoms with E-state index in [1.165, 1.54) is 24.8 Å². The van der Waals surface area contributed by atoms with Gasteiger partial charge in [0, 0.05) is 11.3 Å². The average molecular weight is 272 g/mol. The van der Waals surface area contributed by atoms with Gasteiger partial charge < -0.3 is 0 Å². The van der Waals surface area contributed by atoms with Gasteiger partial charge >= 0.3 is 0 Å². The Labute approximate surface area is 121 Å². The van der Waals surface area contributed by atoms with E-state index in [0.29, 0.717) is 17.4 Å². The number of amides is 1. The molecule has 1 aliphatic rings. The zero-order valence-electron chi connectivity index (χ0n) is 12.6. The standard InChI is InChI=1S/C17H24N2O/c1-4-14-8-10-15(11-9-14)17(20)19-18-16-12(2)6-5-7-13(16)3/h8-13H,4-7H2,1-3H3,(H,19,20)/t12-,13-/m1/s1. The van der Waals surface area contributed by atoms with Crippen molar-refractivity contribution in [3.63, 3.8) is 0 Å². The van der Waals surface area contributed by atoms with E-state index in [9.17, 15) is 4.79 Å². The maximum atomic E-state index is 12.1. The maximum Gasteiger partial charge on any atom is 0.271 e. The van der Waals surface area contributed by atoms with Crippen molar-refractivity contribution >= 4 is 11.6 Å². The minimum atomic E-state index is -0.120. The number of aryl methyl sites for hydroxylation is 1. The summed E-state index contributed by atoms with van der Waals surface area (Å²) < 4.78 is 0. The molecule has 0 bridgehead atoms. The fourth-order valence-corrected chi connectivity index (χ4v) is 2.80. The van der Waals surface area contributed by atoms with Crippen LogP contribution in [-0.2, 0) is 6.42 Å². The molecule has 2 rings (SSSR count). The van der Waals surface area contributed by atoms with Gasteiger partial charge in [-0.1, -0.05) is 39.3 Å². The topological polar surface area (TPSA) is 41.5 Å². The number of carbonyl (C=O) groups is 1. The number of benzene rings is 1. The molecular formula is C17H24N2O. The molecular weight excluding hydrogens is 248 g/mol. The summed E-state index contributed by atoms with van der Waals surface area (Å²) in [6, 6.07) is 7.71.